The van der Waals surface area contributed by atoms with Crippen molar-refractivity contribution in [3.63, 3.8) is 0 Å². The van der Waals surface area contributed by atoms with Crippen LogP contribution in [-0.4, -0.2) is 8.42 Å². The van der Waals surface area contributed by atoms with Crippen molar-refractivity contribution in [3.05, 3.63) is 57.8 Å². The van der Waals surface area contributed by atoms with Gasteiger partial charge in [0.25, 0.3) is 0 Å². The van der Waals surface area contributed by atoms with Crippen molar-refractivity contribution in [1.82, 2.24) is 0 Å². The lowest BCUT2D eigenvalue weighted by Crippen LogP contribution is -2.09. The third kappa shape index (κ3) is 3.19. The minimum absolute atomic E-state index is 0.0874. The summed E-state index contributed by atoms with van der Waals surface area (Å²) in [4.78, 5) is 0.0874. The van der Waals surface area contributed by atoms with Crippen molar-refractivity contribution >= 4 is 31.5 Å². The van der Waals surface area contributed by atoms with E-state index in [2.05, 4.69) is 15.9 Å². The van der Waals surface area contributed by atoms with Crippen LogP contribution in [-0.2, 0) is 15.6 Å². The van der Waals surface area contributed by atoms with E-state index in [0.717, 1.165) is 0 Å². The Balaban J connectivity index is 2.41. The summed E-state index contributed by atoms with van der Waals surface area (Å²) >= 11 is 3.23. The van der Waals surface area contributed by atoms with E-state index in [1.165, 1.54) is 24.3 Å². The quantitative estimate of drug-likeness (QED) is 0.855. The molecule has 106 valence electrons. The second-order valence-corrected chi connectivity index (χ2v) is 7.39. The summed E-state index contributed by atoms with van der Waals surface area (Å²) in [5.41, 5.74) is 7.11. The fourth-order valence-electron chi connectivity index (χ4n) is 1.91. The highest BCUT2D eigenvalue weighted by atomic mass is 79.9. The van der Waals surface area contributed by atoms with Gasteiger partial charge in [-0.3, -0.25) is 0 Å². The van der Waals surface area contributed by atoms with Gasteiger partial charge in [-0.15, -0.1) is 0 Å². The minimum Gasteiger partial charge on any atom is -0.398 e. The first-order chi connectivity index (χ1) is 9.29. The molecule has 2 N–H and O–H groups in total. The molecular weight excluding hydrogens is 345 g/mol. The predicted octanol–water partition coefficient (Wildman–Crippen LogP) is 3.45. The Morgan fingerprint density at radius 3 is 2.50 bits per heavy atom. The van der Waals surface area contributed by atoms with Crippen LogP contribution in [0.3, 0.4) is 0 Å². The maximum absolute atomic E-state index is 13.0. The summed E-state index contributed by atoms with van der Waals surface area (Å²) in [6.07, 6.45) is 0. The molecule has 0 fully saturated rings. The van der Waals surface area contributed by atoms with Crippen LogP contribution in [0, 0.1) is 12.7 Å². The van der Waals surface area contributed by atoms with Crippen molar-refractivity contribution in [2.45, 2.75) is 17.6 Å². The number of halogens is 2. The number of rotatable bonds is 3. The van der Waals surface area contributed by atoms with Crippen molar-refractivity contribution in [3.8, 4) is 0 Å². The molecule has 0 heterocycles. The smallest absolute Gasteiger partial charge is 0.184 e. The van der Waals surface area contributed by atoms with Gasteiger partial charge in [-0.2, -0.15) is 0 Å². The highest BCUT2D eigenvalue weighted by Gasteiger charge is 2.19. The van der Waals surface area contributed by atoms with Gasteiger partial charge in [0, 0.05) is 4.47 Å². The molecule has 0 radical (unpaired) electrons. The highest BCUT2D eigenvalue weighted by molar-refractivity contribution is 9.10. The van der Waals surface area contributed by atoms with E-state index in [1.54, 1.807) is 19.1 Å². The van der Waals surface area contributed by atoms with Gasteiger partial charge in [0.05, 0.1) is 16.3 Å². The van der Waals surface area contributed by atoms with Gasteiger partial charge in [-0.25, -0.2) is 12.8 Å². The largest absolute Gasteiger partial charge is 0.398 e. The van der Waals surface area contributed by atoms with E-state index >= 15 is 0 Å². The number of hydrogen-bond acceptors (Lipinski definition) is 3. The molecule has 0 spiro atoms. The average Bonchev–Trinajstić information content (AvgIpc) is 2.32. The normalized spacial score (nSPS) is 11.6. The Morgan fingerprint density at radius 1 is 1.20 bits per heavy atom. The van der Waals surface area contributed by atoms with E-state index in [-0.39, 0.29) is 22.2 Å². The SMILES string of the molecule is Cc1cc(F)ccc1CS(=O)(=O)c1ccc(Br)cc1N. The molecule has 2 aromatic carbocycles. The Hall–Kier alpha value is -1.40. The molecule has 2 aromatic rings. The zero-order valence-corrected chi connectivity index (χ0v) is 13.1. The first-order valence-electron chi connectivity index (χ1n) is 5.82. The van der Waals surface area contributed by atoms with Gasteiger partial charge in [-0.1, -0.05) is 22.0 Å². The predicted molar refractivity (Wildman–Crippen MR) is 80.6 cm³/mol. The van der Waals surface area contributed by atoms with E-state index < -0.39 is 9.84 Å². The molecular formula is C14H13BrFNO2S. The van der Waals surface area contributed by atoms with Gasteiger partial charge in [0.1, 0.15) is 5.82 Å². The van der Waals surface area contributed by atoms with Crippen molar-refractivity contribution in [2.75, 3.05) is 5.73 Å². The molecule has 0 bridgehead atoms. The maximum Gasteiger partial charge on any atom is 0.184 e. The highest BCUT2D eigenvalue weighted by Crippen LogP contribution is 2.26. The molecule has 0 unspecified atom stereocenters. The summed E-state index contributed by atoms with van der Waals surface area (Å²) in [7, 11) is -3.56. The molecule has 0 saturated heterocycles. The first-order valence-corrected chi connectivity index (χ1v) is 8.27. The summed E-state index contributed by atoms with van der Waals surface area (Å²) in [5.74, 6) is -0.586. The number of nitrogens with two attached hydrogens (primary N) is 1. The molecule has 0 saturated carbocycles. The van der Waals surface area contributed by atoms with Gasteiger partial charge in [0.2, 0.25) is 0 Å². The van der Waals surface area contributed by atoms with Crippen molar-refractivity contribution in [1.29, 1.82) is 0 Å². The Morgan fingerprint density at radius 2 is 1.90 bits per heavy atom. The molecule has 0 aliphatic heterocycles. The van der Waals surface area contributed by atoms with E-state index in [0.29, 0.717) is 15.6 Å². The summed E-state index contributed by atoms with van der Waals surface area (Å²) in [6.45, 7) is 1.68. The lowest BCUT2D eigenvalue weighted by Gasteiger charge is -2.10. The second kappa shape index (κ2) is 5.54. The van der Waals surface area contributed by atoms with Crippen LogP contribution in [0.15, 0.2) is 45.8 Å². The number of anilines is 1. The monoisotopic (exact) mass is 357 g/mol. The standard InChI is InChI=1S/C14H13BrFNO2S/c1-9-6-12(16)4-2-10(9)8-20(18,19)14-5-3-11(15)7-13(14)17/h2-7H,8,17H2,1H3. The van der Waals surface area contributed by atoms with Crippen LogP contribution in [0.1, 0.15) is 11.1 Å². The van der Waals surface area contributed by atoms with E-state index in [1.807, 2.05) is 0 Å². The Kier molecular flexibility index (Phi) is 4.15. The van der Waals surface area contributed by atoms with Crippen LogP contribution < -0.4 is 5.73 Å². The molecule has 0 aliphatic carbocycles. The third-order valence-electron chi connectivity index (χ3n) is 2.96. The number of aryl methyl sites for hydroxylation is 1. The lowest BCUT2D eigenvalue weighted by molar-refractivity contribution is 0.595. The molecule has 0 aromatic heterocycles. The lowest BCUT2D eigenvalue weighted by atomic mass is 10.1. The first kappa shape index (κ1) is 15.0. The minimum atomic E-state index is -3.56. The number of nitrogen functional groups attached to an aromatic ring is 1. The molecule has 3 nitrogen and oxygen atoms in total. The van der Waals surface area contributed by atoms with Crippen LogP contribution in [0.2, 0.25) is 0 Å². The third-order valence-corrected chi connectivity index (χ3v) is 5.18. The summed E-state index contributed by atoms with van der Waals surface area (Å²) < 4.78 is 38.5. The van der Waals surface area contributed by atoms with Crippen LogP contribution in [0.25, 0.3) is 0 Å². The molecule has 0 amide bonds. The molecule has 20 heavy (non-hydrogen) atoms. The van der Waals surface area contributed by atoms with Crippen molar-refractivity contribution in [2.24, 2.45) is 0 Å². The Bertz CT molecular complexity index is 760. The second-order valence-electron chi connectivity index (χ2n) is 4.51. The van der Waals surface area contributed by atoms with Crippen LogP contribution in [0.4, 0.5) is 10.1 Å². The van der Waals surface area contributed by atoms with E-state index in [9.17, 15) is 12.8 Å². The average molecular weight is 358 g/mol. The van der Waals surface area contributed by atoms with Gasteiger partial charge in [-0.05, 0) is 48.4 Å². The number of hydrogen-bond donors (Lipinski definition) is 1. The van der Waals surface area contributed by atoms with Gasteiger partial charge >= 0.3 is 0 Å². The summed E-state index contributed by atoms with van der Waals surface area (Å²) in [5, 5.41) is 0. The van der Waals surface area contributed by atoms with Gasteiger partial charge < -0.3 is 5.73 Å². The molecule has 2 rings (SSSR count). The molecule has 6 heteroatoms. The van der Waals surface area contributed by atoms with Gasteiger partial charge in [0.15, 0.2) is 9.84 Å². The zero-order chi connectivity index (χ0) is 14.9. The fourth-order valence-corrected chi connectivity index (χ4v) is 3.87. The topological polar surface area (TPSA) is 60.2 Å². The number of benzene rings is 2. The fraction of sp³-hybridized carbons (Fsp3) is 0.143. The summed E-state index contributed by atoms with van der Waals surface area (Å²) in [6, 6.07) is 8.69. The number of sulfone groups is 1. The van der Waals surface area contributed by atoms with Crippen LogP contribution >= 0.6 is 15.9 Å². The maximum atomic E-state index is 13.0. The molecule has 0 aliphatic rings. The van der Waals surface area contributed by atoms with Crippen molar-refractivity contribution < 1.29 is 12.8 Å². The van der Waals surface area contributed by atoms with E-state index in [4.69, 9.17) is 5.73 Å². The molecule has 0 atom stereocenters. The Labute approximate surface area is 125 Å². The zero-order valence-electron chi connectivity index (χ0n) is 10.7. The van der Waals surface area contributed by atoms with Crippen LogP contribution in [0.5, 0.6) is 0 Å².